The van der Waals surface area contributed by atoms with Gasteiger partial charge in [-0.2, -0.15) is 0 Å². The highest BCUT2D eigenvalue weighted by atomic mass is 16.5. The first kappa shape index (κ1) is 13.7. The molecule has 0 heterocycles. The summed E-state index contributed by atoms with van der Waals surface area (Å²) in [6.45, 7) is 4.91. The minimum Gasteiger partial charge on any atom is -0.358 e. The molecule has 98 valence electrons. The van der Waals surface area contributed by atoms with Gasteiger partial charge in [0.25, 0.3) is 0 Å². The molecule has 2 unspecified atom stereocenters. The lowest BCUT2D eigenvalue weighted by Crippen LogP contribution is -2.31. The van der Waals surface area contributed by atoms with Gasteiger partial charge in [0.05, 0.1) is 0 Å². The number of hydrogen-bond acceptors (Lipinski definition) is 2. The predicted molar refractivity (Wildman–Crippen MR) is 75.6 cm³/mol. The Hall–Kier alpha value is -1.74. The zero-order valence-electron chi connectivity index (χ0n) is 11.3. The van der Waals surface area contributed by atoms with Crippen molar-refractivity contribution in [3.63, 3.8) is 0 Å². The van der Waals surface area contributed by atoms with E-state index in [4.69, 9.17) is 22.3 Å². The zero-order chi connectivity index (χ0) is 13.8. The molecule has 1 aliphatic carbocycles. The Balaban J connectivity index is 2.29. The van der Waals surface area contributed by atoms with Crippen molar-refractivity contribution >= 4 is 0 Å². The van der Waals surface area contributed by atoms with Gasteiger partial charge in [0, 0.05) is 0 Å². The highest BCUT2D eigenvalue weighted by Gasteiger charge is 2.41. The van der Waals surface area contributed by atoms with Crippen LogP contribution in [0.5, 0.6) is 0 Å². The summed E-state index contributed by atoms with van der Waals surface area (Å²) in [4.78, 5) is 0. The molecular formula is C17H18O2. The van der Waals surface area contributed by atoms with Crippen molar-refractivity contribution < 1.29 is 9.47 Å². The Labute approximate surface area is 115 Å². The molecule has 0 aliphatic heterocycles. The first-order chi connectivity index (χ1) is 9.20. The quantitative estimate of drug-likeness (QED) is 0.751. The molecule has 0 saturated carbocycles. The molecule has 0 spiro atoms. The van der Waals surface area contributed by atoms with Crippen molar-refractivity contribution in [2.24, 2.45) is 0 Å². The summed E-state index contributed by atoms with van der Waals surface area (Å²) in [6, 6.07) is 6.25. The molecule has 19 heavy (non-hydrogen) atoms. The Kier molecular flexibility index (Phi) is 4.27. The van der Waals surface area contributed by atoms with E-state index in [0.717, 1.165) is 0 Å². The molecule has 0 amide bonds. The van der Waals surface area contributed by atoms with Crippen molar-refractivity contribution in [2.45, 2.75) is 32.0 Å². The van der Waals surface area contributed by atoms with Gasteiger partial charge in [-0.15, -0.1) is 12.8 Å². The summed E-state index contributed by atoms with van der Waals surface area (Å²) >= 11 is 0. The fourth-order valence-corrected chi connectivity index (χ4v) is 2.52. The fourth-order valence-electron chi connectivity index (χ4n) is 2.52. The van der Waals surface area contributed by atoms with Crippen LogP contribution in [-0.4, -0.2) is 13.2 Å². The van der Waals surface area contributed by atoms with Crippen molar-refractivity contribution in [1.29, 1.82) is 0 Å². The van der Waals surface area contributed by atoms with Crippen LogP contribution in [0.4, 0.5) is 0 Å². The Bertz CT molecular complexity index is 531. The fraction of sp³-hybridized carbons (Fsp3) is 0.412. The van der Waals surface area contributed by atoms with Crippen molar-refractivity contribution in [3.05, 3.63) is 34.9 Å². The summed E-state index contributed by atoms with van der Waals surface area (Å²) in [5.41, 5.74) is 3.68. The molecule has 1 aromatic rings. The third-order valence-electron chi connectivity index (χ3n) is 3.35. The van der Waals surface area contributed by atoms with Crippen molar-refractivity contribution in [1.82, 2.24) is 0 Å². The minimum atomic E-state index is -0.0991. The molecular weight excluding hydrogens is 236 g/mol. The SMILES string of the molecule is C#CCOC1c2cccc(C(C)C)c2C1OCC#C. The second-order valence-corrected chi connectivity index (χ2v) is 4.88. The topological polar surface area (TPSA) is 18.5 Å². The molecule has 2 atom stereocenters. The smallest absolute Gasteiger partial charge is 0.115 e. The lowest BCUT2D eigenvalue weighted by Gasteiger charge is -2.40. The Morgan fingerprint density at radius 1 is 1.11 bits per heavy atom. The zero-order valence-corrected chi connectivity index (χ0v) is 11.3. The molecule has 0 bridgehead atoms. The molecule has 1 aliphatic rings. The molecule has 0 saturated heterocycles. The van der Waals surface area contributed by atoms with E-state index >= 15 is 0 Å². The number of ether oxygens (including phenoxy) is 2. The summed E-state index contributed by atoms with van der Waals surface area (Å²) in [5.74, 6) is 5.44. The summed E-state index contributed by atoms with van der Waals surface area (Å²) in [6.07, 6.45) is 10.3. The second-order valence-electron chi connectivity index (χ2n) is 4.88. The van der Waals surface area contributed by atoms with Gasteiger partial charge in [-0.1, -0.05) is 43.9 Å². The largest absolute Gasteiger partial charge is 0.358 e. The van der Waals surface area contributed by atoms with Crippen LogP contribution in [0, 0.1) is 24.7 Å². The van der Waals surface area contributed by atoms with Crippen molar-refractivity contribution in [2.75, 3.05) is 13.2 Å². The van der Waals surface area contributed by atoms with Crippen LogP contribution >= 0.6 is 0 Å². The molecule has 2 nitrogen and oxygen atoms in total. The van der Waals surface area contributed by atoms with E-state index in [0.29, 0.717) is 5.92 Å². The van der Waals surface area contributed by atoms with E-state index in [1.165, 1.54) is 16.7 Å². The second kappa shape index (κ2) is 5.93. The average Bonchev–Trinajstić information content (AvgIpc) is 2.39. The average molecular weight is 254 g/mol. The first-order valence-corrected chi connectivity index (χ1v) is 6.43. The first-order valence-electron chi connectivity index (χ1n) is 6.43. The number of terminal acetylenes is 2. The minimum absolute atomic E-state index is 0.0990. The lowest BCUT2D eigenvalue weighted by atomic mass is 9.76. The third-order valence-corrected chi connectivity index (χ3v) is 3.35. The molecule has 0 N–H and O–H groups in total. The molecule has 0 fully saturated rings. The predicted octanol–water partition coefficient (Wildman–Crippen LogP) is 3.21. The normalized spacial score (nSPS) is 20.3. The van der Waals surface area contributed by atoms with Crippen LogP contribution in [0.15, 0.2) is 18.2 Å². The number of rotatable bonds is 5. The van der Waals surface area contributed by atoms with E-state index in [1.54, 1.807) is 0 Å². The van der Waals surface area contributed by atoms with E-state index in [2.05, 4.69) is 43.9 Å². The van der Waals surface area contributed by atoms with Crippen LogP contribution in [-0.2, 0) is 9.47 Å². The lowest BCUT2D eigenvalue weighted by molar-refractivity contribution is -0.0848. The van der Waals surface area contributed by atoms with Crippen LogP contribution in [0.1, 0.15) is 48.7 Å². The van der Waals surface area contributed by atoms with Crippen LogP contribution < -0.4 is 0 Å². The summed E-state index contributed by atoms with van der Waals surface area (Å²) < 4.78 is 11.4. The van der Waals surface area contributed by atoms with Gasteiger partial charge < -0.3 is 9.47 Å². The van der Waals surface area contributed by atoms with Crippen LogP contribution in [0.2, 0.25) is 0 Å². The van der Waals surface area contributed by atoms with Gasteiger partial charge in [0.1, 0.15) is 25.4 Å². The highest BCUT2D eigenvalue weighted by Crippen LogP contribution is 2.50. The summed E-state index contributed by atoms with van der Waals surface area (Å²) in [5, 5.41) is 0. The van der Waals surface area contributed by atoms with Gasteiger partial charge >= 0.3 is 0 Å². The van der Waals surface area contributed by atoms with E-state index < -0.39 is 0 Å². The maximum Gasteiger partial charge on any atom is 0.115 e. The molecule has 0 aromatic heterocycles. The maximum absolute atomic E-state index is 5.72. The van der Waals surface area contributed by atoms with Gasteiger partial charge in [-0.3, -0.25) is 0 Å². The van der Waals surface area contributed by atoms with Gasteiger partial charge in [-0.25, -0.2) is 0 Å². The van der Waals surface area contributed by atoms with E-state index in [-0.39, 0.29) is 25.4 Å². The summed E-state index contributed by atoms with van der Waals surface area (Å²) in [7, 11) is 0. The van der Waals surface area contributed by atoms with Crippen molar-refractivity contribution in [3.8, 4) is 24.7 Å². The van der Waals surface area contributed by atoms with Crippen LogP contribution in [0.25, 0.3) is 0 Å². The maximum atomic E-state index is 5.72. The Morgan fingerprint density at radius 3 is 2.32 bits per heavy atom. The number of hydrogen-bond donors (Lipinski definition) is 0. The standard InChI is InChI=1S/C17H18O2/c1-5-10-18-16-14-9-7-8-13(12(3)4)15(14)17(16)19-11-6-2/h1-2,7-9,12,16-17H,10-11H2,3-4H3. The molecule has 2 heteroatoms. The van der Waals surface area contributed by atoms with Gasteiger partial charge in [0.2, 0.25) is 0 Å². The van der Waals surface area contributed by atoms with Crippen LogP contribution in [0.3, 0.4) is 0 Å². The van der Waals surface area contributed by atoms with E-state index in [9.17, 15) is 0 Å². The number of benzene rings is 1. The van der Waals surface area contributed by atoms with Gasteiger partial charge in [-0.05, 0) is 22.6 Å². The Morgan fingerprint density at radius 2 is 1.74 bits per heavy atom. The monoisotopic (exact) mass is 254 g/mol. The molecule has 0 radical (unpaired) electrons. The molecule has 2 rings (SSSR count). The highest BCUT2D eigenvalue weighted by molar-refractivity contribution is 5.48. The van der Waals surface area contributed by atoms with E-state index in [1.807, 2.05) is 0 Å². The third kappa shape index (κ3) is 2.51. The molecule has 1 aromatic carbocycles. The van der Waals surface area contributed by atoms with Gasteiger partial charge in [0.15, 0.2) is 0 Å². The number of fused-ring (bicyclic) bond motifs is 1.